The van der Waals surface area contributed by atoms with E-state index in [2.05, 4.69) is 107 Å². The lowest BCUT2D eigenvalue weighted by atomic mass is 9.70. The minimum atomic E-state index is -0.480. The normalized spacial score (nSPS) is 39.8. The summed E-state index contributed by atoms with van der Waals surface area (Å²) in [5, 5.41) is 0. The minimum Gasteiger partial charge on any atom is -0.399 e. The van der Waals surface area contributed by atoms with Gasteiger partial charge in [0.25, 0.3) is 0 Å². The molecule has 2 aliphatic heterocycles. The Hall–Kier alpha value is -1.82. The zero-order valence-electron chi connectivity index (χ0n) is 19.5. The molecule has 0 saturated carbocycles. The molecule has 0 aromatic rings. The Bertz CT molecular complexity index is 924. The number of fused-ring (bicyclic) bond motifs is 2. The van der Waals surface area contributed by atoms with Crippen LogP contribution in [0.4, 0.5) is 0 Å². The molecule has 2 saturated heterocycles. The van der Waals surface area contributed by atoms with Gasteiger partial charge < -0.3 is 18.9 Å². The third-order valence-electron chi connectivity index (χ3n) is 7.80. The largest absolute Gasteiger partial charge is 0.494 e. The lowest BCUT2D eigenvalue weighted by Crippen LogP contribution is -2.64. The lowest BCUT2D eigenvalue weighted by molar-refractivity contribution is -0.137. The van der Waals surface area contributed by atoms with Gasteiger partial charge in [-0.3, -0.25) is 0 Å². The van der Waals surface area contributed by atoms with Gasteiger partial charge in [0.15, 0.2) is 0 Å². The molecule has 0 aromatic heterocycles. The smallest absolute Gasteiger partial charge is 0.399 e. The predicted molar refractivity (Wildman–Crippen MR) is 125 cm³/mol. The highest BCUT2D eigenvalue weighted by atomic mass is 16.7. The molecule has 0 N–H and O–H groups in total. The molecule has 31 heavy (non-hydrogen) atoms. The summed E-state index contributed by atoms with van der Waals surface area (Å²) >= 11 is 0. The van der Waals surface area contributed by atoms with Crippen LogP contribution in [0.25, 0.3) is 0 Å². The van der Waals surface area contributed by atoms with Crippen LogP contribution in [0.1, 0.15) is 48.0 Å². The maximum absolute atomic E-state index is 6.77. The van der Waals surface area contributed by atoms with E-state index in [1.54, 1.807) is 0 Å². The van der Waals surface area contributed by atoms with Gasteiger partial charge in [-0.2, -0.15) is 0 Å². The van der Waals surface area contributed by atoms with Gasteiger partial charge in [0, 0.05) is 5.70 Å². The zero-order chi connectivity index (χ0) is 22.0. The first-order valence-electron chi connectivity index (χ1n) is 11.6. The first-order chi connectivity index (χ1) is 14.6. The predicted octanol–water partition coefficient (Wildman–Crippen LogP) is 4.92. The Labute approximate surface area is 187 Å². The van der Waals surface area contributed by atoms with Gasteiger partial charge in [0.1, 0.15) is 11.7 Å². The highest BCUT2D eigenvalue weighted by molar-refractivity contribution is 6.55. The first-order valence-corrected chi connectivity index (χ1v) is 11.6. The summed E-state index contributed by atoms with van der Waals surface area (Å²) in [4.78, 5) is 2.58. The van der Waals surface area contributed by atoms with Gasteiger partial charge in [-0.15, -0.1) is 0 Å². The van der Waals surface area contributed by atoms with E-state index in [4.69, 9.17) is 14.0 Å². The topological polar surface area (TPSA) is 30.9 Å². The van der Waals surface area contributed by atoms with Crippen LogP contribution in [-0.2, 0) is 14.0 Å². The summed E-state index contributed by atoms with van der Waals surface area (Å²) < 4.78 is 19.4. The summed E-state index contributed by atoms with van der Waals surface area (Å²) in [6.45, 7) is 12.9. The summed E-state index contributed by atoms with van der Waals surface area (Å²) in [5.41, 5.74) is 1.22. The third-order valence-corrected chi connectivity index (χ3v) is 7.80. The fourth-order valence-corrected chi connectivity index (χ4v) is 5.28. The Kier molecular flexibility index (Phi) is 4.82. The Morgan fingerprint density at radius 2 is 1.68 bits per heavy atom. The van der Waals surface area contributed by atoms with E-state index in [1.807, 2.05) is 0 Å². The monoisotopic (exact) mass is 419 g/mol. The highest BCUT2D eigenvalue weighted by Gasteiger charge is 2.55. The van der Waals surface area contributed by atoms with E-state index in [9.17, 15) is 0 Å². The van der Waals surface area contributed by atoms with Crippen LogP contribution in [-0.4, -0.2) is 47.0 Å². The van der Waals surface area contributed by atoms with Crippen molar-refractivity contribution in [1.82, 2.24) is 4.90 Å². The standard InChI is InChI=1S/C26H34BNO3/c1-18-11-7-8-12-20(18)28-21-13-9-10-14-22(21)29-26(6)17-19(15-16-23(26)28)27-30-24(2,3)25(4,5)31-27/h7-10,12-18,21-23H,11H2,1-6H3. The van der Waals surface area contributed by atoms with E-state index in [-0.39, 0.29) is 36.5 Å². The Morgan fingerprint density at radius 3 is 2.39 bits per heavy atom. The maximum atomic E-state index is 6.77. The van der Waals surface area contributed by atoms with Crippen molar-refractivity contribution in [2.45, 2.75) is 83.0 Å². The molecule has 0 radical (unpaired) electrons. The highest BCUT2D eigenvalue weighted by Crippen LogP contribution is 2.45. The van der Waals surface area contributed by atoms with Crippen LogP contribution in [0.15, 0.2) is 71.9 Å². The fraction of sp³-hybridized carbons (Fsp3) is 0.538. The van der Waals surface area contributed by atoms with Gasteiger partial charge >= 0.3 is 7.12 Å². The molecule has 5 heteroatoms. The maximum Gasteiger partial charge on any atom is 0.494 e. The third kappa shape index (κ3) is 3.33. The first kappa shape index (κ1) is 21.1. The molecule has 5 aliphatic rings. The molecule has 4 nitrogen and oxygen atoms in total. The molecule has 164 valence electrons. The van der Waals surface area contributed by atoms with E-state index in [0.717, 1.165) is 11.9 Å². The van der Waals surface area contributed by atoms with Gasteiger partial charge in [0.05, 0.1) is 23.3 Å². The van der Waals surface area contributed by atoms with Crippen LogP contribution in [0.3, 0.4) is 0 Å². The van der Waals surface area contributed by atoms with E-state index in [1.165, 1.54) is 5.70 Å². The van der Waals surface area contributed by atoms with Crippen molar-refractivity contribution in [3.63, 3.8) is 0 Å². The Morgan fingerprint density at radius 1 is 0.968 bits per heavy atom. The molecule has 2 fully saturated rings. The molecular formula is C26H34BNO3. The average Bonchev–Trinajstić information content (AvgIpc) is 2.93. The number of nitrogens with zero attached hydrogens (tertiary/aromatic N) is 1. The van der Waals surface area contributed by atoms with Gasteiger partial charge in [-0.1, -0.05) is 61.6 Å². The van der Waals surface area contributed by atoms with Crippen LogP contribution in [0.2, 0.25) is 0 Å². The summed E-state index contributed by atoms with van der Waals surface area (Å²) in [6, 6.07) is 0.302. The van der Waals surface area contributed by atoms with E-state index >= 15 is 0 Å². The summed E-state index contributed by atoms with van der Waals surface area (Å²) in [5.74, 6) is 0.481. The SMILES string of the molecule is CC1CC=CC=C1N1C2C=CC=CC2OC2(C)C=C(B3OC(C)(C)C(C)(C)O3)C=CC12. The summed E-state index contributed by atoms with van der Waals surface area (Å²) in [6.07, 6.45) is 23.2. The second-order valence-corrected chi connectivity index (χ2v) is 10.6. The molecule has 5 unspecified atom stereocenters. The van der Waals surface area contributed by atoms with Crippen molar-refractivity contribution < 1.29 is 14.0 Å². The molecule has 5 rings (SSSR count). The number of ether oxygens (including phenoxy) is 1. The number of allylic oxidation sites excluding steroid dienone is 8. The molecule has 2 heterocycles. The molecule has 0 spiro atoms. The molecular weight excluding hydrogens is 385 g/mol. The van der Waals surface area contributed by atoms with Crippen molar-refractivity contribution in [2.24, 2.45) is 5.92 Å². The van der Waals surface area contributed by atoms with Crippen molar-refractivity contribution in [1.29, 1.82) is 0 Å². The zero-order valence-corrected chi connectivity index (χ0v) is 19.5. The van der Waals surface area contributed by atoms with Crippen molar-refractivity contribution >= 4 is 7.12 Å². The quantitative estimate of drug-likeness (QED) is 0.595. The second-order valence-electron chi connectivity index (χ2n) is 10.6. The van der Waals surface area contributed by atoms with E-state index in [0.29, 0.717) is 5.92 Å². The minimum absolute atomic E-state index is 0.00699. The van der Waals surface area contributed by atoms with Crippen LogP contribution < -0.4 is 0 Å². The molecule has 0 bridgehead atoms. The lowest BCUT2D eigenvalue weighted by Gasteiger charge is -2.56. The van der Waals surface area contributed by atoms with Crippen molar-refractivity contribution in [3.05, 3.63) is 71.9 Å². The second kappa shape index (κ2) is 7.09. The van der Waals surface area contributed by atoms with Crippen LogP contribution >= 0.6 is 0 Å². The number of rotatable bonds is 2. The summed E-state index contributed by atoms with van der Waals surface area (Å²) in [7, 11) is -0.383. The van der Waals surface area contributed by atoms with E-state index < -0.39 is 5.60 Å². The molecule has 5 atom stereocenters. The van der Waals surface area contributed by atoms with Gasteiger partial charge in [-0.25, -0.2) is 0 Å². The molecule has 0 aromatic carbocycles. The van der Waals surface area contributed by atoms with Gasteiger partial charge in [-0.05, 0) is 58.5 Å². The average molecular weight is 419 g/mol. The number of morpholine rings is 1. The fourth-order valence-electron chi connectivity index (χ4n) is 5.28. The van der Waals surface area contributed by atoms with Crippen LogP contribution in [0.5, 0.6) is 0 Å². The van der Waals surface area contributed by atoms with Crippen molar-refractivity contribution in [3.8, 4) is 0 Å². The van der Waals surface area contributed by atoms with Crippen LogP contribution in [0, 0.1) is 5.92 Å². The van der Waals surface area contributed by atoms with Gasteiger partial charge in [0.2, 0.25) is 0 Å². The number of hydrogen-bond donors (Lipinski definition) is 0. The number of hydrogen-bond acceptors (Lipinski definition) is 4. The Balaban J connectivity index is 1.52. The molecule has 3 aliphatic carbocycles. The van der Waals surface area contributed by atoms with Crippen molar-refractivity contribution in [2.75, 3.05) is 0 Å². The molecule has 0 amide bonds.